The molecule has 3 atom stereocenters. The molecule has 1 N–H and O–H groups in total. The standard InChI is InChI=1S/C16H31NO6Si/c1-6-15(24(21-7-2,22-8-3)23-9-4)16(20)14-10-13(19)11-17(14)12(5)18/h13-15,19H,6-11H2,1-5H3. The van der Waals surface area contributed by atoms with Crippen molar-refractivity contribution in [3.63, 3.8) is 0 Å². The van der Waals surface area contributed by atoms with Gasteiger partial charge in [-0.3, -0.25) is 9.59 Å². The maximum absolute atomic E-state index is 13.2. The zero-order valence-corrected chi connectivity index (χ0v) is 16.4. The summed E-state index contributed by atoms with van der Waals surface area (Å²) in [6.45, 7) is 10.2. The highest BCUT2D eigenvalue weighted by Crippen LogP contribution is 2.34. The molecule has 3 unspecified atom stereocenters. The summed E-state index contributed by atoms with van der Waals surface area (Å²) >= 11 is 0. The lowest BCUT2D eigenvalue weighted by Crippen LogP contribution is -2.55. The number of β-amino-alcohol motifs (C(OH)–C–C–N with tert-alkyl or cyclic N) is 1. The van der Waals surface area contributed by atoms with Gasteiger partial charge in [0.05, 0.1) is 17.7 Å². The average molecular weight is 362 g/mol. The van der Waals surface area contributed by atoms with Crippen LogP contribution in [0, 0.1) is 0 Å². The number of ketones is 1. The lowest BCUT2D eigenvalue weighted by molar-refractivity contribution is -0.136. The van der Waals surface area contributed by atoms with E-state index in [9.17, 15) is 14.7 Å². The Bertz CT molecular complexity index is 416. The fourth-order valence-electron chi connectivity index (χ4n) is 3.32. The van der Waals surface area contributed by atoms with Crippen LogP contribution in [0.2, 0.25) is 5.54 Å². The van der Waals surface area contributed by atoms with Crippen molar-refractivity contribution in [2.45, 2.75) is 65.1 Å². The molecular formula is C16H31NO6Si. The number of nitrogens with zero attached hydrogens (tertiary/aromatic N) is 1. The van der Waals surface area contributed by atoms with E-state index >= 15 is 0 Å². The van der Waals surface area contributed by atoms with Gasteiger partial charge in [0.1, 0.15) is 0 Å². The van der Waals surface area contributed by atoms with Crippen molar-refractivity contribution in [1.82, 2.24) is 4.90 Å². The van der Waals surface area contributed by atoms with Crippen molar-refractivity contribution in [3.05, 3.63) is 0 Å². The van der Waals surface area contributed by atoms with Crippen molar-refractivity contribution < 1.29 is 28.0 Å². The number of aliphatic hydroxyl groups is 1. The van der Waals surface area contributed by atoms with Gasteiger partial charge in [-0.1, -0.05) is 6.92 Å². The Labute approximate surface area is 145 Å². The van der Waals surface area contributed by atoms with E-state index < -0.39 is 26.5 Å². The molecule has 0 saturated carbocycles. The van der Waals surface area contributed by atoms with E-state index in [1.54, 1.807) is 0 Å². The van der Waals surface area contributed by atoms with Crippen molar-refractivity contribution in [2.24, 2.45) is 0 Å². The second kappa shape index (κ2) is 9.62. The molecule has 0 aromatic carbocycles. The summed E-state index contributed by atoms with van der Waals surface area (Å²) in [6, 6.07) is -0.643. The van der Waals surface area contributed by atoms with Crippen LogP contribution in [-0.2, 0) is 22.9 Å². The van der Waals surface area contributed by atoms with E-state index in [1.807, 2.05) is 27.7 Å². The van der Waals surface area contributed by atoms with Crippen LogP contribution in [0.3, 0.4) is 0 Å². The first-order valence-corrected chi connectivity index (χ1v) is 10.6. The molecule has 1 amide bonds. The van der Waals surface area contributed by atoms with Crippen molar-refractivity contribution in [1.29, 1.82) is 0 Å². The normalized spacial score (nSPS) is 22.7. The van der Waals surface area contributed by atoms with Crippen LogP contribution < -0.4 is 0 Å². The van der Waals surface area contributed by atoms with Crippen LogP contribution in [-0.4, -0.2) is 69.0 Å². The van der Waals surface area contributed by atoms with Crippen LogP contribution in [0.25, 0.3) is 0 Å². The topological polar surface area (TPSA) is 85.3 Å². The zero-order chi connectivity index (χ0) is 18.3. The molecule has 140 valence electrons. The molecule has 0 bridgehead atoms. The van der Waals surface area contributed by atoms with E-state index in [0.29, 0.717) is 26.2 Å². The summed E-state index contributed by atoms with van der Waals surface area (Å²) in [4.78, 5) is 26.5. The quantitative estimate of drug-likeness (QED) is 0.592. The number of rotatable bonds is 10. The van der Waals surface area contributed by atoms with Crippen LogP contribution in [0.4, 0.5) is 0 Å². The minimum Gasteiger partial charge on any atom is -0.391 e. The molecule has 0 aliphatic carbocycles. The van der Waals surface area contributed by atoms with Crippen molar-refractivity contribution in [2.75, 3.05) is 26.4 Å². The molecular weight excluding hydrogens is 330 g/mol. The molecule has 0 spiro atoms. The molecule has 0 aromatic heterocycles. The SMILES string of the molecule is CCO[Si](OCC)(OCC)C(CC)C(=O)C1CC(O)CN1C(C)=O. The molecule has 1 heterocycles. The third kappa shape index (κ3) is 4.63. The maximum atomic E-state index is 13.2. The van der Waals surface area contributed by atoms with Gasteiger partial charge in [0.15, 0.2) is 5.78 Å². The molecule has 1 fully saturated rings. The monoisotopic (exact) mass is 361 g/mol. The average Bonchev–Trinajstić information content (AvgIpc) is 2.91. The van der Waals surface area contributed by atoms with Crippen LogP contribution >= 0.6 is 0 Å². The third-order valence-electron chi connectivity index (χ3n) is 4.23. The van der Waals surface area contributed by atoms with E-state index in [1.165, 1.54) is 11.8 Å². The Hall–Kier alpha value is -0.803. The molecule has 0 aromatic rings. The molecule has 7 nitrogen and oxygen atoms in total. The first kappa shape index (κ1) is 21.2. The van der Waals surface area contributed by atoms with Crippen LogP contribution in [0.1, 0.15) is 47.5 Å². The number of amides is 1. The Morgan fingerprint density at radius 1 is 1.12 bits per heavy atom. The Kier molecular flexibility index (Phi) is 8.51. The molecule has 0 radical (unpaired) electrons. The first-order chi connectivity index (χ1) is 11.4. The van der Waals surface area contributed by atoms with E-state index in [4.69, 9.17) is 13.3 Å². The molecule has 24 heavy (non-hydrogen) atoms. The van der Waals surface area contributed by atoms with Crippen molar-refractivity contribution in [3.8, 4) is 0 Å². The van der Waals surface area contributed by atoms with Gasteiger partial charge in [-0.25, -0.2) is 0 Å². The predicted octanol–water partition coefficient (Wildman–Crippen LogP) is 1.37. The van der Waals surface area contributed by atoms with Gasteiger partial charge in [-0.2, -0.15) is 0 Å². The summed E-state index contributed by atoms with van der Waals surface area (Å²) in [5, 5.41) is 9.91. The van der Waals surface area contributed by atoms with Gasteiger partial charge in [0, 0.05) is 39.7 Å². The van der Waals surface area contributed by atoms with Gasteiger partial charge in [0.25, 0.3) is 0 Å². The molecule has 1 rings (SSSR count). The van der Waals surface area contributed by atoms with Gasteiger partial charge >= 0.3 is 8.80 Å². The minimum absolute atomic E-state index is 0.133. The molecule has 1 saturated heterocycles. The second-order valence-electron chi connectivity index (χ2n) is 5.84. The largest absolute Gasteiger partial charge is 0.511 e. The Morgan fingerprint density at radius 3 is 2.00 bits per heavy atom. The first-order valence-electron chi connectivity index (χ1n) is 8.77. The molecule has 1 aliphatic rings. The summed E-state index contributed by atoms with van der Waals surface area (Å²) in [5.41, 5.74) is -0.547. The molecule has 1 aliphatic heterocycles. The summed E-state index contributed by atoms with van der Waals surface area (Å²) in [5.74, 6) is -0.345. The number of likely N-dealkylation sites (tertiary alicyclic amines) is 1. The predicted molar refractivity (Wildman–Crippen MR) is 91.5 cm³/mol. The summed E-state index contributed by atoms with van der Waals surface area (Å²) in [6.07, 6.45) is 0.0791. The van der Waals surface area contributed by atoms with Gasteiger partial charge in [0.2, 0.25) is 5.91 Å². The van der Waals surface area contributed by atoms with E-state index in [-0.39, 0.29) is 24.7 Å². The number of Topliss-reactive ketones (excluding diaryl/α,β-unsaturated/α-hetero) is 1. The van der Waals surface area contributed by atoms with E-state index in [2.05, 4.69) is 0 Å². The highest BCUT2D eigenvalue weighted by atomic mass is 28.4. The van der Waals surface area contributed by atoms with Crippen LogP contribution in [0.15, 0.2) is 0 Å². The lowest BCUT2D eigenvalue weighted by Gasteiger charge is -2.36. The number of hydrogen-bond donors (Lipinski definition) is 1. The number of carbonyl (C=O) groups excluding carboxylic acids is 2. The highest BCUT2D eigenvalue weighted by Gasteiger charge is 2.55. The van der Waals surface area contributed by atoms with Gasteiger partial charge in [-0.15, -0.1) is 0 Å². The summed E-state index contributed by atoms with van der Waals surface area (Å²) < 4.78 is 17.6. The Balaban J connectivity index is 3.14. The zero-order valence-electron chi connectivity index (χ0n) is 15.4. The fraction of sp³-hybridized carbons (Fsp3) is 0.875. The fourth-order valence-corrected chi connectivity index (χ4v) is 6.42. The minimum atomic E-state index is -3.21. The maximum Gasteiger partial charge on any atom is 0.511 e. The van der Waals surface area contributed by atoms with E-state index in [0.717, 1.165) is 0 Å². The number of hydrogen-bond acceptors (Lipinski definition) is 6. The number of aliphatic hydroxyl groups excluding tert-OH is 1. The highest BCUT2D eigenvalue weighted by molar-refractivity contribution is 6.66. The van der Waals surface area contributed by atoms with Gasteiger partial charge < -0.3 is 23.3 Å². The smallest absolute Gasteiger partial charge is 0.391 e. The second-order valence-corrected chi connectivity index (χ2v) is 8.61. The van der Waals surface area contributed by atoms with Gasteiger partial charge in [-0.05, 0) is 27.2 Å². The number of carbonyl (C=O) groups is 2. The van der Waals surface area contributed by atoms with Crippen LogP contribution in [0.5, 0.6) is 0 Å². The Morgan fingerprint density at radius 2 is 1.62 bits per heavy atom. The van der Waals surface area contributed by atoms with Crippen molar-refractivity contribution >= 4 is 20.5 Å². The summed E-state index contributed by atoms with van der Waals surface area (Å²) in [7, 11) is -3.21. The molecule has 8 heteroatoms. The lowest BCUT2D eigenvalue weighted by atomic mass is 10.0. The third-order valence-corrected chi connectivity index (χ3v) is 7.85.